The molecule has 0 radical (unpaired) electrons. The van der Waals surface area contributed by atoms with Crippen LogP contribution in [0.15, 0.2) is 23.8 Å². The molecular weight excluding hydrogens is 228 g/mol. The molecule has 1 rings (SSSR count). The SMILES string of the molecule is CCC(CC)/C(C)=C(/C)c1cc(C)cc(Cl)c1. The van der Waals surface area contributed by atoms with Crippen molar-refractivity contribution in [2.75, 3.05) is 0 Å². The first-order valence-electron chi connectivity index (χ1n) is 6.44. The molecule has 0 atom stereocenters. The molecule has 0 aliphatic rings. The van der Waals surface area contributed by atoms with Crippen molar-refractivity contribution in [3.05, 3.63) is 39.9 Å². The third kappa shape index (κ3) is 3.61. The highest BCUT2D eigenvalue weighted by molar-refractivity contribution is 6.30. The van der Waals surface area contributed by atoms with Crippen molar-refractivity contribution in [1.82, 2.24) is 0 Å². The van der Waals surface area contributed by atoms with Gasteiger partial charge in [-0.25, -0.2) is 0 Å². The van der Waals surface area contributed by atoms with Crippen molar-refractivity contribution in [3.63, 3.8) is 0 Å². The molecule has 1 aromatic carbocycles. The molecule has 0 amide bonds. The highest BCUT2D eigenvalue weighted by atomic mass is 35.5. The van der Waals surface area contributed by atoms with Crippen LogP contribution >= 0.6 is 11.6 Å². The predicted molar refractivity (Wildman–Crippen MR) is 78.5 cm³/mol. The highest BCUT2D eigenvalue weighted by Gasteiger charge is 2.10. The van der Waals surface area contributed by atoms with Gasteiger partial charge in [0.05, 0.1) is 0 Å². The lowest BCUT2D eigenvalue weighted by atomic mass is 9.89. The Morgan fingerprint density at radius 3 is 2.18 bits per heavy atom. The van der Waals surface area contributed by atoms with Crippen molar-refractivity contribution >= 4 is 17.2 Å². The van der Waals surface area contributed by atoms with Gasteiger partial charge in [-0.1, -0.05) is 37.1 Å². The van der Waals surface area contributed by atoms with Gasteiger partial charge in [0.2, 0.25) is 0 Å². The Hall–Kier alpha value is -0.750. The predicted octanol–water partition coefficient (Wildman–Crippen LogP) is 5.88. The maximum absolute atomic E-state index is 6.12. The normalized spacial score (nSPS) is 12.9. The minimum Gasteiger partial charge on any atom is -0.0843 e. The quantitative estimate of drug-likeness (QED) is 0.626. The molecule has 94 valence electrons. The van der Waals surface area contributed by atoms with Crippen LogP contribution in [0.5, 0.6) is 0 Å². The molecule has 17 heavy (non-hydrogen) atoms. The van der Waals surface area contributed by atoms with E-state index in [1.165, 1.54) is 35.1 Å². The van der Waals surface area contributed by atoms with Crippen molar-refractivity contribution < 1.29 is 0 Å². The van der Waals surface area contributed by atoms with Gasteiger partial charge in [0, 0.05) is 5.02 Å². The lowest BCUT2D eigenvalue weighted by molar-refractivity contribution is 0.573. The minimum absolute atomic E-state index is 0.689. The Bertz CT molecular complexity index is 391. The molecular formula is C16H23Cl. The van der Waals surface area contributed by atoms with Crippen molar-refractivity contribution in [3.8, 4) is 0 Å². The summed E-state index contributed by atoms with van der Waals surface area (Å²) in [5.74, 6) is 0.689. The van der Waals surface area contributed by atoms with E-state index >= 15 is 0 Å². The summed E-state index contributed by atoms with van der Waals surface area (Å²) in [4.78, 5) is 0. The summed E-state index contributed by atoms with van der Waals surface area (Å²) in [6.07, 6.45) is 2.42. The Morgan fingerprint density at radius 1 is 1.12 bits per heavy atom. The maximum atomic E-state index is 6.12. The fraction of sp³-hybridized carbons (Fsp3) is 0.500. The smallest absolute Gasteiger partial charge is 0.0414 e. The molecule has 0 saturated heterocycles. The summed E-state index contributed by atoms with van der Waals surface area (Å²) in [6.45, 7) is 11.1. The molecule has 0 N–H and O–H groups in total. The summed E-state index contributed by atoms with van der Waals surface area (Å²) >= 11 is 6.12. The number of rotatable bonds is 4. The zero-order valence-corrected chi connectivity index (χ0v) is 12.4. The van der Waals surface area contributed by atoms with Gasteiger partial charge in [-0.3, -0.25) is 0 Å². The number of aryl methyl sites for hydroxylation is 1. The molecule has 0 bridgehead atoms. The summed E-state index contributed by atoms with van der Waals surface area (Å²) in [6, 6.07) is 6.29. The van der Waals surface area contributed by atoms with Crippen LogP contribution in [-0.4, -0.2) is 0 Å². The second kappa shape index (κ2) is 6.26. The molecule has 0 fully saturated rings. The highest BCUT2D eigenvalue weighted by Crippen LogP contribution is 2.29. The van der Waals surface area contributed by atoms with Gasteiger partial charge in [-0.15, -0.1) is 0 Å². The number of halogens is 1. The van der Waals surface area contributed by atoms with E-state index in [1.807, 2.05) is 6.07 Å². The number of hydrogen-bond donors (Lipinski definition) is 0. The summed E-state index contributed by atoms with van der Waals surface area (Å²) in [7, 11) is 0. The van der Waals surface area contributed by atoms with Crippen molar-refractivity contribution in [1.29, 1.82) is 0 Å². The van der Waals surface area contributed by atoms with Crippen LogP contribution in [0.4, 0.5) is 0 Å². The van der Waals surface area contributed by atoms with E-state index in [2.05, 4.69) is 46.8 Å². The monoisotopic (exact) mass is 250 g/mol. The second-order valence-electron chi connectivity index (χ2n) is 4.84. The van der Waals surface area contributed by atoms with Crippen LogP contribution in [0.1, 0.15) is 51.7 Å². The Balaban J connectivity index is 3.17. The van der Waals surface area contributed by atoms with Crippen LogP contribution in [0.2, 0.25) is 5.02 Å². The van der Waals surface area contributed by atoms with E-state index < -0.39 is 0 Å². The van der Waals surface area contributed by atoms with Crippen LogP contribution in [0.25, 0.3) is 5.57 Å². The number of allylic oxidation sites excluding steroid dienone is 2. The molecule has 0 spiro atoms. The van der Waals surface area contributed by atoms with Gasteiger partial charge < -0.3 is 0 Å². The first-order chi connectivity index (χ1) is 7.99. The average molecular weight is 251 g/mol. The lowest BCUT2D eigenvalue weighted by Crippen LogP contribution is -2.01. The van der Waals surface area contributed by atoms with Gasteiger partial charge in [0.1, 0.15) is 0 Å². The summed E-state index contributed by atoms with van der Waals surface area (Å²) < 4.78 is 0. The molecule has 0 aliphatic heterocycles. The van der Waals surface area contributed by atoms with E-state index in [9.17, 15) is 0 Å². The third-order valence-electron chi connectivity index (χ3n) is 3.66. The largest absolute Gasteiger partial charge is 0.0843 e. The molecule has 0 saturated carbocycles. The fourth-order valence-electron chi connectivity index (χ4n) is 2.39. The molecule has 0 unspecified atom stereocenters. The first kappa shape index (κ1) is 14.3. The van der Waals surface area contributed by atoms with E-state index in [0.717, 1.165) is 5.02 Å². The van der Waals surface area contributed by atoms with Gasteiger partial charge in [-0.05, 0) is 68.4 Å². The van der Waals surface area contributed by atoms with Crippen molar-refractivity contribution in [2.45, 2.75) is 47.5 Å². The zero-order valence-electron chi connectivity index (χ0n) is 11.6. The van der Waals surface area contributed by atoms with Crippen LogP contribution < -0.4 is 0 Å². The average Bonchev–Trinajstić information content (AvgIpc) is 2.28. The zero-order chi connectivity index (χ0) is 13.0. The standard InChI is InChI=1S/C16H23Cl/c1-6-14(7-2)12(4)13(5)15-8-11(3)9-16(17)10-15/h8-10,14H,6-7H2,1-5H3/b13-12-. The lowest BCUT2D eigenvalue weighted by Gasteiger charge is -2.17. The van der Waals surface area contributed by atoms with E-state index in [0.29, 0.717) is 5.92 Å². The van der Waals surface area contributed by atoms with E-state index in [4.69, 9.17) is 11.6 Å². The Labute approximate surface area is 111 Å². The molecule has 1 aromatic rings. The van der Waals surface area contributed by atoms with Gasteiger partial charge >= 0.3 is 0 Å². The van der Waals surface area contributed by atoms with Crippen molar-refractivity contribution in [2.24, 2.45) is 5.92 Å². The Kier molecular flexibility index (Phi) is 5.27. The van der Waals surface area contributed by atoms with Crippen LogP contribution in [0.3, 0.4) is 0 Å². The maximum Gasteiger partial charge on any atom is 0.0414 e. The number of benzene rings is 1. The molecule has 0 heterocycles. The molecule has 0 nitrogen and oxygen atoms in total. The summed E-state index contributed by atoms with van der Waals surface area (Å²) in [5, 5.41) is 0.830. The summed E-state index contributed by atoms with van der Waals surface area (Å²) in [5.41, 5.74) is 5.37. The van der Waals surface area contributed by atoms with Gasteiger partial charge in [-0.2, -0.15) is 0 Å². The topological polar surface area (TPSA) is 0 Å². The Morgan fingerprint density at radius 2 is 1.71 bits per heavy atom. The van der Waals surface area contributed by atoms with Crippen LogP contribution in [-0.2, 0) is 0 Å². The number of hydrogen-bond acceptors (Lipinski definition) is 0. The van der Waals surface area contributed by atoms with Gasteiger partial charge in [0.25, 0.3) is 0 Å². The molecule has 1 heteroatoms. The van der Waals surface area contributed by atoms with Gasteiger partial charge in [0.15, 0.2) is 0 Å². The van der Waals surface area contributed by atoms with E-state index in [-0.39, 0.29) is 0 Å². The molecule has 0 aliphatic carbocycles. The van der Waals surface area contributed by atoms with E-state index in [1.54, 1.807) is 0 Å². The first-order valence-corrected chi connectivity index (χ1v) is 6.82. The minimum atomic E-state index is 0.689. The fourth-order valence-corrected chi connectivity index (χ4v) is 2.68. The second-order valence-corrected chi connectivity index (χ2v) is 5.28. The molecule has 0 aromatic heterocycles. The third-order valence-corrected chi connectivity index (χ3v) is 3.88. The van der Waals surface area contributed by atoms with Crippen LogP contribution in [0, 0.1) is 12.8 Å².